The first-order valence-corrected chi connectivity index (χ1v) is 49.4. The average Bonchev–Trinajstić information content (AvgIpc) is 1.59. The van der Waals surface area contributed by atoms with E-state index >= 15 is 0 Å². The van der Waals surface area contributed by atoms with Gasteiger partial charge < -0.3 is 17.7 Å². The fourth-order valence-electron chi connectivity index (χ4n) is 19.4. The normalized spacial score (nSPS) is 11.2. The molecule has 0 unspecified atom stereocenters. The molecule has 0 saturated carbocycles. The van der Waals surface area contributed by atoms with E-state index in [0.717, 1.165) is 262 Å². The molecular formula is C136H88N8O4. The fourth-order valence-corrected chi connectivity index (χ4v) is 19.4. The summed E-state index contributed by atoms with van der Waals surface area (Å²) >= 11 is 0. The molecule has 12 heteroatoms. The molecule has 0 aliphatic carbocycles. The maximum atomic E-state index is 6.14. The van der Waals surface area contributed by atoms with Crippen molar-refractivity contribution in [1.82, 2.24) is 39.9 Å². The fraction of sp³-hybridized carbons (Fsp3) is 0. The summed E-state index contributed by atoms with van der Waals surface area (Å²) < 4.78 is 24.3. The molecule has 8 aromatic heterocycles. The lowest BCUT2D eigenvalue weighted by atomic mass is 9.97. The molecule has 12 nitrogen and oxygen atoms in total. The van der Waals surface area contributed by atoms with Crippen LogP contribution in [0.5, 0.6) is 0 Å². The van der Waals surface area contributed by atoms with Crippen molar-refractivity contribution in [2.75, 3.05) is 0 Å². The first-order valence-electron chi connectivity index (χ1n) is 49.4. The predicted octanol–water partition coefficient (Wildman–Crippen LogP) is 36.2. The molecule has 0 aliphatic heterocycles. The van der Waals surface area contributed by atoms with E-state index in [2.05, 4.69) is 279 Å². The molecule has 8 heterocycles. The Kier molecular flexibility index (Phi) is 24.2. The van der Waals surface area contributed by atoms with Gasteiger partial charge in [0.2, 0.25) is 0 Å². The number of furan rings is 4. The van der Waals surface area contributed by atoms with Crippen molar-refractivity contribution < 1.29 is 17.7 Å². The van der Waals surface area contributed by atoms with Crippen LogP contribution in [0.1, 0.15) is 0 Å². The highest BCUT2D eigenvalue weighted by atomic mass is 16.3. The van der Waals surface area contributed by atoms with Crippen molar-refractivity contribution in [2.45, 2.75) is 0 Å². The van der Waals surface area contributed by atoms with E-state index in [1.807, 2.05) is 255 Å². The van der Waals surface area contributed by atoms with Crippen LogP contribution in [0.4, 0.5) is 0 Å². The van der Waals surface area contributed by atoms with Gasteiger partial charge >= 0.3 is 0 Å². The van der Waals surface area contributed by atoms with Crippen LogP contribution in [0.2, 0.25) is 0 Å². The van der Waals surface area contributed by atoms with E-state index < -0.39 is 0 Å². The Hall–Kier alpha value is -20.1. The molecule has 20 aromatic carbocycles. The van der Waals surface area contributed by atoms with Crippen LogP contribution in [0.25, 0.3) is 268 Å². The predicted molar refractivity (Wildman–Crippen MR) is 604 cm³/mol. The molecular weight excluding hydrogens is 1810 g/mol. The van der Waals surface area contributed by atoms with Crippen molar-refractivity contribution in [3.63, 3.8) is 0 Å². The molecule has 148 heavy (non-hydrogen) atoms. The lowest BCUT2D eigenvalue weighted by Gasteiger charge is -2.11. The minimum absolute atomic E-state index is 0.713. The molecule has 0 aliphatic rings. The Labute approximate surface area is 853 Å². The smallest absolute Gasteiger partial charge is 0.160 e. The number of hydrogen-bond donors (Lipinski definition) is 0. The molecule has 0 spiro atoms. The summed E-state index contributed by atoms with van der Waals surface area (Å²) in [6.45, 7) is 0. The molecule has 0 radical (unpaired) electrons. The number of rotatable bonds is 16. The van der Waals surface area contributed by atoms with E-state index in [1.165, 1.54) is 0 Å². The van der Waals surface area contributed by atoms with E-state index in [4.69, 9.17) is 57.5 Å². The maximum Gasteiger partial charge on any atom is 0.160 e. The quantitative estimate of drug-likeness (QED) is 0.0904. The van der Waals surface area contributed by atoms with Crippen LogP contribution < -0.4 is 0 Å². The van der Waals surface area contributed by atoms with E-state index in [-0.39, 0.29) is 0 Å². The minimum Gasteiger partial charge on any atom is -0.456 e. The van der Waals surface area contributed by atoms with Gasteiger partial charge in [-0.1, -0.05) is 443 Å². The van der Waals surface area contributed by atoms with Crippen LogP contribution in [-0.2, 0) is 0 Å². The second kappa shape index (κ2) is 40.1. The molecule has 0 bridgehead atoms. The van der Waals surface area contributed by atoms with Gasteiger partial charge in [-0.25, -0.2) is 39.9 Å². The van der Waals surface area contributed by atoms with Gasteiger partial charge in [-0.05, 0) is 136 Å². The summed E-state index contributed by atoms with van der Waals surface area (Å²) in [6.07, 6.45) is 0. The Balaban J connectivity index is 0.000000103. The van der Waals surface area contributed by atoms with Gasteiger partial charge in [0, 0.05) is 110 Å². The Bertz CT molecular complexity index is 9430. The molecule has 0 saturated heterocycles. The summed E-state index contributed by atoms with van der Waals surface area (Å²) in [5.74, 6) is 2.87. The highest BCUT2D eigenvalue weighted by Gasteiger charge is 2.22. The largest absolute Gasteiger partial charge is 0.456 e. The Morgan fingerprint density at radius 1 is 0.108 bits per heavy atom. The Morgan fingerprint density at radius 2 is 0.331 bits per heavy atom. The summed E-state index contributed by atoms with van der Waals surface area (Å²) in [5, 5.41) is 9.09. The van der Waals surface area contributed by atoms with E-state index in [9.17, 15) is 0 Å². The molecule has 28 aromatic rings. The van der Waals surface area contributed by atoms with Crippen LogP contribution in [0.3, 0.4) is 0 Å². The third-order valence-corrected chi connectivity index (χ3v) is 26.9. The molecule has 28 rings (SSSR count). The first kappa shape index (κ1) is 89.3. The SMILES string of the molecule is c1ccc(-c2cc(-c3ccc(-c4ccc5c(c4)oc4ccccc45)cc3)nc(-c3ccccc3)n2)cc1.c1ccc(-c2cc(-c3ccc(-c4ccc5oc6ccccc6c5c4)cc3)nc(-c3ccccc3)n2)cc1.c1ccc(-c2cc(-c3ccc(-c4cccc5oc6ccccc6c45)cc3)nc(-c3ccccc3)n2)cc1.c1ccc(-c2cc(-c3cccc(-c4cccc5oc6ccccc6c45)c3)nc(-c3ccccc3)n2)cc1. The zero-order chi connectivity index (χ0) is 98.4. The number of nitrogens with zero attached hydrogens (tertiary/aromatic N) is 8. The molecule has 0 N–H and O–H groups in total. The van der Waals surface area contributed by atoms with Crippen LogP contribution >= 0.6 is 0 Å². The minimum atomic E-state index is 0.713. The third kappa shape index (κ3) is 18.5. The van der Waals surface area contributed by atoms with Gasteiger partial charge in [-0.2, -0.15) is 0 Å². The van der Waals surface area contributed by atoms with Gasteiger partial charge in [0.1, 0.15) is 44.7 Å². The highest BCUT2D eigenvalue weighted by Crippen LogP contribution is 2.44. The second-order valence-corrected chi connectivity index (χ2v) is 36.3. The number of para-hydroxylation sites is 4. The summed E-state index contributed by atoms with van der Waals surface area (Å²) in [5.41, 5.74) is 36.0. The third-order valence-electron chi connectivity index (χ3n) is 26.9. The van der Waals surface area contributed by atoms with Crippen molar-refractivity contribution in [2.24, 2.45) is 0 Å². The molecule has 0 fully saturated rings. The van der Waals surface area contributed by atoms with Gasteiger partial charge in [0.15, 0.2) is 23.3 Å². The van der Waals surface area contributed by atoms with Gasteiger partial charge in [0.25, 0.3) is 0 Å². The second-order valence-electron chi connectivity index (χ2n) is 36.3. The number of fused-ring (bicyclic) bond motifs is 12. The topological polar surface area (TPSA) is 156 Å². The van der Waals surface area contributed by atoms with Gasteiger partial charge in [0.05, 0.1) is 45.6 Å². The van der Waals surface area contributed by atoms with E-state index in [0.29, 0.717) is 5.82 Å². The standard InChI is InChI=1S/4C34H22N2O/c1-3-11-23(12-4-1)29-22-30(36-34(35-29)24-13-5-2-6-14-24)26-16-9-15-25(21-26)27-18-10-20-32-33(27)28-17-7-8-19-31(28)37-32;1-3-10-24(11-4-1)29-22-30(36-34(35-29)26-12-5-2-6-13-26)25-20-18-23(19-21-25)27-15-9-17-32-33(27)28-14-7-8-16-31(28)37-32;1-3-9-24(10-4-1)30-22-31(36-34(35-30)26-11-5-2-6-12-26)25-17-15-23(16-18-25)27-19-20-33-29(21-27)28-13-7-8-14-32(28)37-33;1-3-9-24(10-4-1)30-22-31(36-34(35-30)26-11-5-2-6-12-26)25-17-15-23(16-18-25)27-19-20-29-28-13-7-8-14-32(28)37-33(29)21-27/h4*1-22H. The Morgan fingerprint density at radius 3 is 0.703 bits per heavy atom. The molecule has 696 valence electrons. The summed E-state index contributed by atoms with van der Waals surface area (Å²) in [4.78, 5) is 39.5. The first-order chi connectivity index (χ1) is 73.3. The number of benzene rings is 20. The van der Waals surface area contributed by atoms with Gasteiger partial charge in [-0.3, -0.25) is 0 Å². The van der Waals surface area contributed by atoms with Crippen molar-refractivity contribution in [3.05, 3.63) is 534 Å². The summed E-state index contributed by atoms with van der Waals surface area (Å²) in [7, 11) is 0. The van der Waals surface area contributed by atoms with Crippen molar-refractivity contribution >= 4 is 87.8 Å². The van der Waals surface area contributed by atoms with Crippen LogP contribution in [0.15, 0.2) is 552 Å². The van der Waals surface area contributed by atoms with Crippen molar-refractivity contribution in [1.29, 1.82) is 0 Å². The summed E-state index contributed by atoms with van der Waals surface area (Å²) in [6, 6.07) is 182. The lowest BCUT2D eigenvalue weighted by Crippen LogP contribution is -1.96. The monoisotopic (exact) mass is 1900 g/mol. The van der Waals surface area contributed by atoms with Crippen molar-refractivity contribution in [3.8, 4) is 180 Å². The highest BCUT2D eigenvalue weighted by molar-refractivity contribution is 6.14. The zero-order valence-corrected chi connectivity index (χ0v) is 80.0. The molecule has 0 amide bonds. The zero-order valence-electron chi connectivity index (χ0n) is 80.0. The number of aromatic nitrogens is 8. The number of hydrogen-bond acceptors (Lipinski definition) is 12. The molecule has 0 atom stereocenters. The van der Waals surface area contributed by atoms with Crippen LogP contribution in [0, 0.1) is 0 Å². The maximum absolute atomic E-state index is 6.14. The average molecular weight is 1900 g/mol. The lowest BCUT2D eigenvalue weighted by molar-refractivity contribution is 0.668. The van der Waals surface area contributed by atoms with Crippen LogP contribution in [-0.4, -0.2) is 39.9 Å². The van der Waals surface area contributed by atoms with E-state index in [1.54, 1.807) is 0 Å². The van der Waals surface area contributed by atoms with Gasteiger partial charge in [-0.15, -0.1) is 0 Å².